The standard InChI is InChI=1S/C13H15Cl2NO3/c1-8(16)2-9-3-12-13(19-7-18-12)4-11(9)17-6-10(15)5-14/h3-5,8H,2,6-7,16H2,1H3. The predicted octanol–water partition coefficient (Wildman–Crippen LogP) is 3.00. The molecule has 0 saturated heterocycles. The molecule has 1 unspecified atom stereocenters. The summed E-state index contributed by atoms with van der Waals surface area (Å²) in [7, 11) is 0. The van der Waals surface area contributed by atoms with Crippen molar-refractivity contribution in [3.05, 3.63) is 28.3 Å². The molecular weight excluding hydrogens is 289 g/mol. The van der Waals surface area contributed by atoms with E-state index in [1.54, 1.807) is 6.07 Å². The molecule has 2 N–H and O–H groups in total. The van der Waals surface area contributed by atoms with Crippen LogP contribution in [0.3, 0.4) is 0 Å². The lowest BCUT2D eigenvalue weighted by atomic mass is 10.1. The van der Waals surface area contributed by atoms with Gasteiger partial charge in [0.1, 0.15) is 12.4 Å². The maximum atomic E-state index is 5.83. The van der Waals surface area contributed by atoms with Crippen LogP contribution in [0.2, 0.25) is 0 Å². The van der Waals surface area contributed by atoms with Gasteiger partial charge in [0.15, 0.2) is 11.5 Å². The lowest BCUT2D eigenvalue weighted by Gasteiger charge is -2.13. The highest BCUT2D eigenvalue weighted by atomic mass is 35.5. The van der Waals surface area contributed by atoms with Gasteiger partial charge in [-0.3, -0.25) is 0 Å². The van der Waals surface area contributed by atoms with Gasteiger partial charge in [0.25, 0.3) is 0 Å². The van der Waals surface area contributed by atoms with Gasteiger partial charge in [0, 0.05) is 17.6 Å². The number of rotatable bonds is 5. The zero-order valence-corrected chi connectivity index (χ0v) is 12.0. The number of ether oxygens (including phenoxy) is 3. The highest BCUT2D eigenvalue weighted by molar-refractivity contribution is 6.36. The van der Waals surface area contributed by atoms with Gasteiger partial charge >= 0.3 is 0 Å². The molecule has 1 aromatic rings. The van der Waals surface area contributed by atoms with Crippen LogP contribution in [0.4, 0.5) is 0 Å². The minimum atomic E-state index is 0.0155. The van der Waals surface area contributed by atoms with Crippen molar-refractivity contribution < 1.29 is 14.2 Å². The molecule has 0 aliphatic carbocycles. The van der Waals surface area contributed by atoms with Crippen molar-refractivity contribution in [1.29, 1.82) is 0 Å². The minimum absolute atomic E-state index is 0.0155. The third kappa shape index (κ3) is 3.69. The number of nitrogens with two attached hydrogens (primary N) is 1. The monoisotopic (exact) mass is 303 g/mol. The maximum absolute atomic E-state index is 5.83. The fraction of sp³-hybridized carbons (Fsp3) is 0.385. The Morgan fingerprint density at radius 3 is 2.79 bits per heavy atom. The number of benzene rings is 1. The SMILES string of the molecule is CC(N)Cc1cc2c(cc1OCC(Cl)=CCl)OCO2. The number of hydrogen-bond acceptors (Lipinski definition) is 4. The Morgan fingerprint density at radius 2 is 2.16 bits per heavy atom. The number of halogens is 2. The molecule has 0 amide bonds. The van der Waals surface area contributed by atoms with Crippen molar-refractivity contribution >= 4 is 23.2 Å². The van der Waals surface area contributed by atoms with E-state index in [0.717, 1.165) is 5.56 Å². The van der Waals surface area contributed by atoms with Gasteiger partial charge in [-0.1, -0.05) is 23.2 Å². The van der Waals surface area contributed by atoms with Crippen molar-refractivity contribution in [1.82, 2.24) is 0 Å². The van der Waals surface area contributed by atoms with E-state index < -0.39 is 0 Å². The molecule has 2 rings (SSSR count). The molecule has 1 atom stereocenters. The van der Waals surface area contributed by atoms with Gasteiger partial charge in [0.2, 0.25) is 6.79 Å². The molecule has 1 heterocycles. The summed E-state index contributed by atoms with van der Waals surface area (Å²) in [5, 5.41) is 0.422. The summed E-state index contributed by atoms with van der Waals surface area (Å²) in [5.41, 5.74) is 8.07. The third-order valence-electron chi connectivity index (χ3n) is 2.58. The van der Waals surface area contributed by atoms with Crippen molar-refractivity contribution in [2.45, 2.75) is 19.4 Å². The highest BCUT2D eigenvalue weighted by Gasteiger charge is 2.18. The first-order valence-electron chi connectivity index (χ1n) is 5.86. The predicted molar refractivity (Wildman–Crippen MR) is 75.2 cm³/mol. The quantitative estimate of drug-likeness (QED) is 0.908. The Morgan fingerprint density at radius 1 is 1.47 bits per heavy atom. The zero-order valence-electron chi connectivity index (χ0n) is 10.5. The molecular formula is C13H15Cl2NO3. The fourth-order valence-corrected chi connectivity index (χ4v) is 1.90. The van der Waals surface area contributed by atoms with E-state index in [9.17, 15) is 0 Å². The van der Waals surface area contributed by atoms with Crippen molar-refractivity contribution in [2.75, 3.05) is 13.4 Å². The molecule has 0 aromatic heterocycles. The lowest BCUT2D eigenvalue weighted by molar-refractivity contribution is 0.174. The van der Waals surface area contributed by atoms with Gasteiger partial charge in [0.05, 0.1) is 5.03 Å². The van der Waals surface area contributed by atoms with Crippen molar-refractivity contribution in [3.8, 4) is 17.2 Å². The topological polar surface area (TPSA) is 53.7 Å². The fourth-order valence-electron chi connectivity index (χ4n) is 1.78. The van der Waals surface area contributed by atoms with Gasteiger partial charge in [-0.05, 0) is 25.0 Å². The van der Waals surface area contributed by atoms with Crippen LogP contribution in [0.25, 0.3) is 0 Å². The first kappa shape index (κ1) is 14.3. The molecule has 1 aliphatic rings. The highest BCUT2D eigenvalue weighted by Crippen LogP contribution is 2.38. The molecule has 1 aromatic carbocycles. The van der Waals surface area contributed by atoms with E-state index >= 15 is 0 Å². The first-order chi connectivity index (χ1) is 9.10. The van der Waals surface area contributed by atoms with Crippen LogP contribution in [-0.4, -0.2) is 19.4 Å². The molecule has 0 radical (unpaired) electrons. The van der Waals surface area contributed by atoms with E-state index in [0.29, 0.717) is 28.7 Å². The van der Waals surface area contributed by atoms with Crippen molar-refractivity contribution in [3.63, 3.8) is 0 Å². The Bertz CT molecular complexity index is 489. The van der Waals surface area contributed by atoms with Crippen LogP contribution in [0.15, 0.2) is 22.7 Å². The largest absolute Gasteiger partial charge is 0.488 e. The number of fused-ring (bicyclic) bond motifs is 1. The molecule has 0 fully saturated rings. The van der Waals surface area contributed by atoms with Crippen LogP contribution in [0, 0.1) is 0 Å². The second kappa shape index (κ2) is 6.37. The van der Waals surface area contributed by atoms with E-state index in [2.05, 4.69) is 0 Å². The van der Waals surface area contributed by atoms with Crippen molar-refractivity contribution in [2.24, 2.45) is 5.73 Å². The molecule has 0 saturated carbocycles. The number of hydrogen-bond donors (Lipinski definition) is 1. The molecule has 0 spiro atoms. The Kier molecular flexibility index (Phi) is 4.80. The van der Waals surface area contributed by atoms with Gasteiger partial charge in [-0.25, -0.2) is 0 Å². The van der Waals surface area contributed by atoms with Crippen LogP contribution in [0.5, 0.6) is 17.2 Å². The average molecular weight is 304 g/mol. The summed E-state index contributed by atoms with van der Waals surface area (Å²) in [6.07, 6.45) is 0.675. The van der Waals surface area contributed by atoms with E-state index in [-0.39, 0.29) is 19.4 Å². The average Bonchev–Trinajstić information content (AvgIpc) is 2.81. The summed E-state index contributed by atoms with van der Waals surface area (Å²) in [5.74, 6) is 2.05. The maximum Gasteiger partial charge on any atom is 0.231 e. The van der Waals surface area contributed by atoms with E-state index in [4.69, 9.17) is 43.1 Å². The molecule has 1 aliphatic heterocycles. The summed E-state index contributed by atoms with van der Waals surface area (Å²) < 4.78 is 16.3. The Hall–Kier alpha value is -1.10. The second-order valence-corrected chi connectivity index (χ2v) is 5.04. The third-order valence-corrected chi connectivity index (χ3v) is 3.17. The molecule has 6 heteroatoms. The van der Waals surface area contributed by atoms with E-state index in [1.165, 1.54) is 5.54 Å². The summed E-state index contributed by atoms with van der Waals surface area (Å²) in [6.45, 7) is 2.36. The van der Waals surface area contributed by atoms with Crippen LogP contribution in [-0.2, 0) is 6.42 Å². The van der Waals surface area contributed by atoms with Gasteiger partial charge in [-0.2, -0.15) is 0 Å². The first-order valence-corrected chi connectivity index (χ1v) is 6.67. The Labute approximate surface area is 122 Å². The summed E-state index contributed by atoms with van der Waals surface area (Å²) in [6, 6.07) is 3.69. The molecule has 19 heavy (non-hydrogen) atoms. The molecule has 104 valence electrons. The summed E-state index contributed by atoms with van der Waals surface area (Å²) in [4.78, 5) is 0. The smallest absolute Gasteiger partial charge is 0.231 e. The van der Waals surface area contributed by atoms with Crippen LogP contribution in [0.1, 0.15) is 12.5 Å². The molecule has 0 bridgehead atoms. The normalized spacial score (nSPS) is 15.5. The van der Waals surface area contributed by atoms with Gasteiger partial charge < -0.3 is 19.9 Å². The molecule has 4 nitrogen and oxygen atoms in total. The van der Waals surface area contributed by atoms with Crippen LogP contribution >= 0.6 is 23.2 Å². The zero-order chi connectivity index (χ0) is 13.8. The minimum Gasteiger partial charge on any atom is -0.488 e. The Balaban J connectivity index is 2.23. The van der Waals surface area contributed by atoms with Crippen LogP contribution < -0.4 is 19.9 Å². The van der Waals surface area contributed by atoms with E-state index in [1.807, 2.05) is 13.0 Å². The lowest BCUT2D eigenvalue weighted by Crippen LogP contribution is -2.18. The van der Waals surface area contributed by atoms with Gasteiger partial charge in [-0.15, -0.1) is 0 Å². The summed E-state index contributed by atoms with van der Waals surface area (Å²) >= 11 is 11.3. The second-order valence-electron chi connectivity index (χ2n) is 4.34.